The smallest absolute Gasteiger partial charge is 0.236 e. The second kappa shape index (κ2) is 6.69. The molecule has 0 aliphatic carbocycles. The summed E-state index contributed by atoms with van der Waals surface area (Å²) in [5, 5.41) is 0. The van der Waals surface area contributed by atoms with Crippen molar-refractivity contribution < 1.29 is 26.3 Å². The molecule has 1 N–H and O–H groups in total. The molecule has 2 aromatic carbocycles. The first-order valence-corrected chi connectivity index (χ1v) is 7.85. The van der Waals surface area contributed by atoms with Gasteiger partial charge in [0.2, 0.25) is 10.0 Å². The molecule has 22 heavy (non-hydrogen) atoms. The van der Waals surface area contributed by atoms with E-state index in [1.165, 1.54) is 24.3 Å². The molecule has 0 aliphatic rings. The maximum Gasteiger partial charge on any atom is 0.236 e. The second-order valence-electron chi connectivity index (χ2n) is 4.35. The molecule has 0 bridgehead atoms. The summed E-state index contributed by atoms with van der Waals surface area (Å²) in [5.74, 6) is -2.26. The largest absolute Gasteiger partial charge is 0.492 e. The summed E-state index contributed by atoms with van der Waals surface area (Å²) in [6.07, 6.45) is 0. The zero-order chi connectivity index (χ0) is 16.2. The molecule has 0 spiro atoms. The highest BCUT2D eigenvalue weighted by Crippen LogP contribution is 2.17. The number of hydrogen-bond donors (Lipinski definition) is 1. The van der Waals surface area contributed by atoms with Gasteiger partial charge in [-0.05, 0) is 36.4 Å². The van der Waals surface area contributed by atoms with Gasteiger partial charge in [0.15, 0.2) is 0 Å². The van der Waals surface area contributed by atoms with E-state index in [-0.39, 0.29) is 6.61 Å². The second-order valence-corrected chi connectivity index (χ2v) is 6.19. The minimum absolute atomic E-state index is 0.224. The number of halogens is 3. The van der Waals surface area contributed by atoms with Gasteiger partial charge in [-0.25, -0.2) is 21.6 Å². The summed E-state index contributed by atoms with van der Waals surface area (Å²) >= 11 is 0. The number of rotatable bonds is 6. The van der Waals surface area contributed by atoms with Gasteiger partial charge in [0.1, 0.15) is 35.6 Å². The quantitative estimate of drug-likeness (QED) is 0.885. The van der Waals surface area contributed by atoms with Gasteiger partial charge in [-0.15, -0.1) is 0 Å². The monoisotopic (exact) mass is 331 g/mol. The maximum absolute atomic E-state index is 13.4. The summed E-state index contributed by atoms with van der Waals surface area (Å²) in [6, 6.07) is 7.48. The molecule has 8 heteroatoms. The number of benzene rings is 2. The van der Waals surface area contributed by atoms with E-state index in [0.717, 1.165) is 18.2 Å². The van der Waals surface area contributed by atoms with Crippen molar-refractivity contribution in [3.8, 4) is 5.75 Å². The first-order chi connectivity index (χ1) is 10.4. The predicted molar refractivity (Wildman–Crippen MR) is 75.7 cm³/mol. The van der Waals surface area contributed by atoms with Gasteiger partial charge in [-0.3, -0.25) is 4.72 Å². The molecular weight excluding hydrogens is 319 g/mol. The molecule has 0 saturated carbocycles. The number of sulfonamides is 1. The van der Waals surface area contributed by atoms with Crippen LogP contribution in [0, 0.1) is 17.5 Å². The lowest BCUT2D eigenvalue weighted by Gasteiger charge is -2.10. The average Bonchev–Trinajstić information content (AvgIpc) is 2.45. The van der Waals surface area contributed by atoms with E-state index in [4.69, 9.17) is 4.74 Å². The molecule has 0 atom stereocenters. The minimum Gasteiger partial charge on any atom is -0.492 e. The van der Waals surface area contributed by atoms with Crippen molar-refractivity contribution in [3.63, 3.8) is 0 Å². The van der Waals surface area contributed by atoms with Gasteiger partial charge >= 0.3 is 0 Å². The van der Waals surface area contributed by atoms with Gasteiger partial charge in [0.05, 0.1) is 5.69 Å². The van der Waals surface area contributed by atoms with Crippen LogP contribution in [0.3, 0.4) is 0 Å². The van der Waals surface area contributed by atoms with E-state index in [0.29, 0.717) is 5.75 Å². The van der Waals surface area contributed by atoms with Crippen LogP contribution in [0.4, 0.5) is 18.9 Å². The molecule has 0 heterocycles. The third-order valence-corrected chi connectivity index (χ3v) is 3.86. The van der Waals surface area contributed by atoms with Gasteiger partial charge in [0, 0.05) is 6.07 Å². The zero-order valence-corrected chi connectivity index (χ0v) is 12.0. The van der Waals surface area contributed by atoms with E-state index >= 15 is 0 Å². The molecular formula is C14H12F3NO3S. The maximum atomic E-state index is 13.4. The molecule has 0 aliphatic heterocycles. The van der Waals surface area contributed by atoms with Crippen LogP contribution < -0.4 is 9.46 Å². The van der Waals surface area contributed by atoms with Crippen LogP contribution in [-0.2, 0) is 10.0 Å². The lowest BCUT2D eigenvalue weighted by atomic mass is 10.3. The Morgan fingerprint density at radius 3 is 2.27 bits per heavy atom. The van der Waals surface area contributed by atoms with Gasteiger partial charge in [-0.2, -0.15) is 0 Å². The summed E-state index contributed by atoms with van der Waals surface area (Å²) in [6.45, 7) is -0.224. The molecule has 4 nitrogen and oxygen atoms in total. The zero-order valence-electron chi connectivity index (χ0n) is 11.2. The SMILES string of the molecule is O=S(=O)(CCOc1ccc(F)cc1)Nc1cc(F)ccc1F. The van der Waals surface area contributed by atoms with Crippen LogP contribution in [0.1, 0.15) is 0 Å². The molecule has 0 fully saturated rings. The number of ether oxygens (including phenoxy) is 1. The molecule has 2 aromatic rings. The van der Waals surface area contributed by atoms with Crippen LogP contribution in [0.5, 0.6) is 5.75 Å². The van der Waals surface area contributed by atoms with Crippen molar-refractivity contribution >= 4 is 15.7 Å². The Bertz CT molecular complexity index is 748. The number of hydrogen-bond acceptors (Lipinski definition) is 3. The van der Waals surface area contributed by atoms with Gasteiger partial charge < -0.3 is 4.74 Å². The van der Waals surface area contributed by atoms with Crippen molar-refractivity contribution in [2.45, 2.75) is 0 Å². The third-order valence-electron chi connectivity index (χ3n) is 2.63. The number of nitrogens with one attached hydrogen (secondary N) is 1. The highest BCUT2D eigenvalue weighted by atomic mass is 32.2. The lowest BCUT2D eigenvalue weighted by Crippen LogP contribution is -2.22. The Kier molecular flexibility index (Phi) is 4.92. The minimum atomic E-state index is -3.91. The molecule has 0 aromatic heterocycles. The molecule has 118 valence electrons. The van der Waals surface area contributed by atoms with Crippen molar-refractivity contribution in [1.82, 2.24) is 0 Å². The Morgan fingerprint density at radius 2 is 1.59 bits per heavy atom. The molecule has 0 amide bonds. The highest BCUT2D eigenvalue weighted by molar-refractivity contribution is 7.92. The van der Waals surface area contributed by atoms with Crippen LogP contribution >= 0.6 is 0 Å². The third kappa shape index (κ3) is 4.66. The lowest BCUT2D eigenvalue weighted by molar-refractivity contribution is 0.340. The Morgan fingerprint density at radius 1 is 0.955 bits per heavy atom. The number of anilines is 1. The Hall–Kier alpha value is -2.22. The van der Waals surface area contributed by atoms with Gasteiger partial charge in [-0.1, -0.05) is 0 Å². The van der Waals surface area contributed by atoms with E-state index in [1.54, 1.807) is 0 Å². The van der Waals surface area contributed by atoms with Crippen molar-refractivity contribution in [2.24, 2.45) is 0 Å². The summed E-state index contributed by atoms with van der Waals surface area (Å²) in [5.41, 5.74) is -0.471. The van der Waals surface area contributed by atoms with Crippen LogP contribution in [0.15, 0.2) is 42.5 Å². The summed E-state index contributed by atoms with van der Waals surface area (Å²) in [4.78, 5) is 0. The van der Waals surface area contributed by atoms with Gasteiger partial charge in [0.25, 0.3) is 0 Å². The summed E-state index contributed by atoms with van der Waals surface area (Å²) in [7, 11) is -3.91. The van der Waals surface area contributed by atoms with E-state index in [2.05, 4.69) is 0 Å². The standard InChI is InChI=1S/C14H12F3NO3S/c15-10-1-4-12(5-2-10)21-7-8-22(19,20)18-14-9-11(16)3-6-13(14)17/h1-6,9,18H,7-8H2. The first-order valence-electron chi connectivity index (χ1n) is 6.20. The topological polar surface area (TPSA) is 55.4 Å². The fourth-order valence-electron chi connectivity index (χ4n) is 1.59. The molecule has 0 saturated heterocycles. The predicted octanol–water partition coefficient (Wildman–Crippen LogP) is 2.92. The molecule has 2 rings (SSSR count). The van der Waals surface area contributed by atoms with Crippen LogP contribution in [-0.4, -0.2) is 20.8 Å². The molecule has 0 radical (unpaired) electrons. The molecule has 0 unspecified atom stereocenters. The summed E-state index contributed by atoms with van der Waals surface area (Å²) < 4.78 is 69.6. The highest BCUT2D eigenvalue weighted by Gasteiger charge is 2.14. The van der Waals surface area contributed by atoms with Crippen molar-refractivity contribution in [3.05, 3.63) is 59.9 Å². The normalized spacial score (nSPS) is 11.2. The van der Waals surface area contributed by atoms with E-state index in [9.17, 15) is 21.6 Å². The van der Waals surface area contributed by atoms with Crippen LogP contribution in [0.2, 0.25) is 0 Å². The Labute approximate surface area is 125 Å². The van der Waals surface area contributed by atoms with E-state index < -0.39 is 38.9 Å². The first kappa shape index (κ1) is 16.2. The fourth-order valence-corrected chi connectivity index (χ4v) is 2.49. The van der Waals surface area contributed by atoms with Crippen molar-refractivity contribution in [2.75, 3.05) is 17.1 Å². The van der Waals surface area contributed by atoms with Crippen LogP contribution in [0.25, 0.3) is 0 Å². The van der Waals surface area contributed by atoms with E-state index in [1.807, 2.05) is 4.72 Å². The Balaban J connectivity index is 1.93. The average molecular weight is 331 g/mol. The fraction of sp³-hybridized carbons (Fsp3) is 0.143. The van der Waals surface area contributed by atoms with Crippen molar-refractivity contribution in [1.29, 1.82) is 0 Å².